The number of nitrogens with one attached hydrogen (secondary N) is 2. The van der Waals surface area contributed by atoms with E-state index in [9.17, 15) is 0 Å². The second-order valence-corrected chi connectivity index (χ2v) is 7.93. The minimum Gasteiger partial charge on any atom is -0.371 e. The van der Waals surface area contributed by atoms with E-state index in [2.05, 4.69) is 55.8 Å². The summed E-state index contributed by atoms with van der Waals surface area (Å²) in [7, 11) is 1.87. The van der Waals surface area contributed by atoms with Gasteiger partial charge in [-0.15, -0.1) is 0 Å². The summed E-state index contributed by atoms with van der Waals surface area (Å²) in [6, 6.07) is 10.7. The van der Waals surface area contributed by atoms with Gasteiger partial charge in [-0.1, -0.05) is 31.0 Å². The van der Waals surface area contributed by atoms with E-state index in [0.717, 1.165) is 32.1 Å². The molecule has 0 aromatic heterocycles. The zero-order valence-electron chi connectivity index (χ0n) is 17.0. The second-order valence-electron chi connectivity index (χ2n) is 7.93. The number of likely N-dealkylation sites (tertiary alicyclic amines) is 1. The molecule has 5 nitrogen and oxygen atoms in total. The van der Waals surface area contributed by atoms with E-state index in [4.69, 9.17) is 0 Å². The first-order valence-corrected chi connectivity index (χ1v) is 10.8. The molecule has 1 atom stereocenters. The molecule has 1 aromatic rings. The van der Waals surface area contributed by atoms with Gasteiger partial charge in [0.25, 0.3) is 0 Å². The van der Waals surface area contributed by atoms with Crippen LogP contribution in [0, 0.1) is 5.92 Å². The monoisotopic (exact) mass is 371 g/mol. The number of nitrogens with zero attached hydrogens (tertiary/aromatic N) is 3. The van der Waals surface area contributed by atoms with Crippen LogP contribution in [0.3, 0.4) is 0 Å². The van der Waals surface area contributed by atoms with Crippen LogP contribution >= 0.6 is 0 Å². The summed E-state index contributed by atoms with van der Waals surface area (Å²) in [6.07, 6.45) is 8.00. The van der Waals surface area contributed by atoms with Crippen molar-refractivity contribution < 1.29 is 0 Å². The summed E-state index contributed by atoms with van der Waals surface area (Å²) in [6.45, 7) is 8.05. The van der Waals surface area contributed by atoms with Crippen molar-refractivity contribution in [1.29, 1.82) is 0 Å². The normalized spacial score (nSPS) is 21.9. The predicted molar refractivity (Wildman–Crippen MR) is 116 cm³/mol. The molecule has 2 N–H and O–H groups in total. The van der Waals surface area contributed by atoms with E-state index >= 15 is 0 Å². The van der Waals surface area contributed by atoms with Crippen LogP contribution in [0.15, 0.2) is 35.3 Å². The maximum atomic E-state index is 4.39. The van der Waals surface area contributed by atoms with Crippen LogP contribution in [0.4, 0.5) is 5.69 Å². The van der Waals surface area contributed by atoms with Crippen LogP contribution in [0.25, 0.3) is 0 Å². The fourth-order valence-electron chi connectivity index (χ4n) is 4.20. The quantitative estimate of drug-likeness (QED) is 0.439. The first-order chi connectivity index (χ1) is 13.3. The Hall–Kier alpha value is -1.75. The summed E-state index contributed by atoms with van der Waals surface area (Å²) < 4.78 is 0. The minimum absolute atomic E-state index is 0.681. The van der Waals surface area contributed by atoms with Gasteiger partial charge in [-0.3, -0.25) is 4.99 Å². The zero-order chi connectivity index (χ0) is 18.7. The van der Waals surface area contributed by atoms with Gasteiger partial charge in [0.2, 0.25) is 0 Å². The molecule has 0 aliphatic carbocycles. The fourth-order valence-corrected chi connectivity index (χ4v) is 4.20. The zero-order valence-corrected chi connectivity index (χ0v) is 17.0. The smallest absolute Gasteiger partial charge is 0.190 e. The molecule has 2 aliphatic heterocycles. The molecule has 0 saturated carbocycles. The van der Waals surface area contributed by atoms with Crippen molar-refractivity contribution in [2.24, 2.45) is 10.9 Å². The standard InChI is InChI=1S/C22H37N5/c1-23-22(24-13-9-16-26-14-7-2-3-8-15-26)25-18-20-12-17-27(19-20)21-10-5-4-6-11-21/h4-6,10-11,20H,2-3,7-9,12-19H2,1H3,(H2,23,24,25). The van der Waals surface area contributed by atoms with Gasteiger partial charge in [0.05, 0.1) is 0 Å². The van der Waals surface area contributed by atoms with Crippen molar-refractivity contribution in [3.05, 3.63) is 30.3 Å². The van der Waals surface area contributed by atoms with Crippen LogP contribution < -0.4 is 15.5 Å². The molecule has 0 radical (unpaired) electrons. The van der Waals surface area contributed by atoms with Gasteiger partial charge in [0.15, 0.2) is 5.96 Å². The number of guanidine groups is 1. The molecule has 2 heterocycles. The Labute approximate surface area is 165 Å². The van der Waals surface area contributed by atoms with Gasteiger partial charge in [-0.25, -0.2) is 0 Å². The van der Waals surface area contributed by atoms with Crippen molar-refractivity contribution in [2.75, 3.05) is 57.8 Å². The molecule has 0 amide bonds. The molecule has 1 aromatic carbocycles. The molecule has 0 bridgehead atoms. The Bertz CT molecular complexity index is 551. The Morgan fingerprint density at radius 2 is 1.81 bits per heavy atom. The third-order valence-corrected chi connectivity index (χ3v) is 5.83. The SMILES string of the molecule is CN=C(NCCCN1CCCCCC1)NCC1CCN(c2ccccc2)C1. The number of aliphatic imine (C=N–C) groups is 1. The molecule has 1 unspecified atom stereocenters. The van der Waals surface area contributed by atoms with Crippen molar-refractivity contribution in [2.45, 2.75) is 38.5 Å². The Kier molecular flexibility index (Phi) is 8.28. The molecule has 0 spiro atoms. The molecule has 2 fully saturated rings. The number of anilines is 1. The minimum atomic E-state index is 0.681. The molecule has 27 heavy (non-hydrogen) atoms. The molecular weight excluding hydrogens is 334 g/mol. The maximum Gasteiger partial charge on any atom is 0.190 e. The summed E-state index contributed by atoms with van der Waals surface area (Å²) in [4.78, 5) is 9.51. The first kappa shape index (κ1) is 20.0. The Balaban J connectivity index is 1.30. The highest BCUT2D eigenvalue weighted by Gasteiger charge is 2.22. The van der Waals surface area contributed by atoms with Crippen molar-refractivity contribution in [3.63, 3.8) is 0 Å². The van der Waals surface area contributed by atoms with Gasteiger partial charge < -0.3 is 20.4 Å². The maximum absolute atomic E-state index is 4.39. The first-order valence-electron chi connectivity index (χ1n) is 10.8. The summed E-state index contributed by atoms with van der Waals surface area (Å²) in [5.41, 5.74) is 1.34. The van der Waals surface area contributed by atoms with Crippen molar-refractivity contribution >= 4 is 11.6 Å². The van der Waals surface area contributed by atoms with E-state index in [1.54, 1.807) is 0 Å². The highest BCUT2D eigenvalue weighted by Crippen LogP contribution is 2.22. The van der Waals surface area contributed by atoms with Gasteiger partial charge in [0.1, 0.15) is 0 Å². The average molecular weight is 372 g/mol. The van der Waals surface area contributed by atoms with Crippen LogP contribution in [0.2, 0.25) is 0 Å². The van der Waals surface area contributed by atoms with Crippen LogP contribution in [0.5, 0.6) is 0 Å². The van der Waals surface area contributed by atoms with Gasteiger partial charge >= 0.3 is 0 Å². The van der Waals surface area contributed by atoms with E-state index in [1.807, 2.05) is 7.05 Å². The third kappa shape index (κ3) is 6.73. The molecule has 150 valence electrons. The molecule has 2 aliphatic rings. The van der Waals surface area contributed by atoms with E-state index < -0.39 is 0 Å². The van der Waals surface area contributed by atoms with E-state index in [1.165, 1.54) is 63.8 Å². The van der Waals surface area contributed by atoms with Crippen LogP contribution in [0.1, 0.15) is 38.5 Å². The number of para-hydroxylation sites is 1. The number of hydrogen-bond donors (Lipinski definition) is 2. The lowest BCUT2D eigenvalue weighted by Crippen LogP contribution is -2.41. The summed E-state index contributed by atoms with van der Waals surface area (Å²) in [5.74, 6) is 1.63. The number of benzene rings is 1. The Morgan fingerprint density at radius 3 is 2.56 bits per heavy atom. The number of hydrogen-bond acceptors (Lipinski definition) is 3. The predicted octanol–water partition coefficient (Wildman–Crippen LogP) is 2.94. The van der Waals surface area contributed by atoms with E-state index in [-0.39, 0.29) is 0 Å². The van der Waals surface area contributed by atoms with Gasteiger partial charge in [0, 0.05) is 38.9 Å². The third-order valence-electron chi connectivity index (χ3n) is 5.83. The van der Waals surface area contributed by atoms with Gasteiger partial charge in [-0.05, 0) is 63.4 Å². The van der Waals surface area contributed by atoms with Gasteiger partial charge in [-0.2, -0.15) is 0 Å². The summed E-state index contributed by atoms with van der Waals surface area (Å²) in [5, 5.41) is 7.02. The number of rotatable bonds is 7. The Morgan fingerprint density at radius 1 is 1.04 bits per heavy atom. The highest BCUT2D eigenvalue weighted by molar-refractivity contribution is 5.79. The van der Waals surface area contributed by atoms with Crippen molar-refractivity contribution in [1.82, 2.24) is 15.5 Å². The highest BCUT2D eigenvalue weighted by atomic mass is 15.2. The lowest BCUT2D eigenvalue weighted by Gasteiger charge is -2.21. The largest absolute Gasteiger partial charge is 0.371 e. The molecule has 5 heteroatoms. The summed E-state index contributed by atoms with van der Waals surface area (Å²) >= 11 is 0. The molecule has 3 rings (SSSR count). The van der Waals surface area contributed by atoms with Crippen LogP contribution in [-0.4, -0.2) is 63.7 Å². The average Bonchev–Trinajstić information content (AvgIpc) is 3.04. The molecule has 2 saturated heterocycles. The lowest BCUT2D eigenvalue weighted by atomic mass is 10.1. The molecular formula is C22H37N5. The second kappa shape index (κ2) is 11.2. The van der Waals surface area contributed by atoms with E-state index in [0.29, 0.717) is 5.92 Å². The van der Waals surface area contributed by atoms with Crippen molar-refractivity contribution in [3.8, 4) is 0 Å². The topological polar surface area (TPSA) is 42.9 Å². The lowest BCUT2D eigenvalue weighted by molar-refractivity contribution is 0.282. The fraction of sp³-hybridized carbons (Fsp3) is 0.682. The van der Waals surface area contributed by atoms with Crippen LogP contribution in [-0.2, 0) is 0 Å².